The van der Waals surface area contributed by atoms with E-state index in [-0.39, 0.29) is 23.8 Å². The van der Waals surface area contributed by atoms with Gasteiger partial charge >= 0.3 is 5.97 Å². The summed E-state index contributed by atoms with van der Waals surface area (Å²) < 4.78 is 5.06. The Labute approximate surface area is 108 Å². The number of hydrogen-bond acceptors (Lipinski definition) is 3. The van der Waals surface area contributed by atoms with Gasteiger partial charge in [0.25, 0.3) is 0 Å². The number of nitrogens with zero attached hydrogens (tertiary/aromatic N) is 1. The van der Waals surface area contributed by atoms with Gasteiger partial charge in [0.05, 0.1) is 12.5 Å². The maximum atomic E-state index is 12.0. The van der Waals surface area contributed by atoms with Crippen molar-refractivity contribution in [1.29, 1.82) is 0 Å². The zero-order valence-electron chi connectivity index (χ0n) is 11.5. The van der Waals surface area contributed by atoms with Crippen molar-refractivity contribution in [1.82, 2.24) is 4.90 Å². The first kappa shape index (κ1) is 15.0. The zero-order chi connectivity index (χ0) is 13.9. The molecule has 104 valence electrons. The third-order valence-electron chi connectivity index (χ3n) is 3.69. The average Bonchev–Trinajstić information content (AvgIpc) is 2.23. The summed E-state index contributed by atoms with van der Waals surface area (Å²) in [5, 5.41) is 9.26. The molecule has 0 aromatic heterocycles. The first-order valence-electron chi connectivity index (χ1n) is 6.39. The van der Waals surface area contributed by atoms with E-state index < -0.39 is 11.9 Å². The molecule has 0 bridgehead atoms. The highest BCUT2D eigenvalue weighted by Crippen LogP contribution is 2.30. The van der Waals surface area contributed by atoms with Crippen LogP contribution in [-0.2, 0) is 14.3 Å². The molecule has 0 aromatic rings. The summed E-state index contributed by atoms with van der Waals surface area (Å²) in [5.74, 6) is -1.12. The van der Waals surface area contributed by atoms with Crippen molar-refractivity contribution >= 4 is 11.9 Å². The summed E-state index contributed by atoms with van der Waals surface area (Å²) in [5.41, 5.74) is 0. The molecule has 1 N–H and O–H groups in total. The Kier molecular flexibility index (Phi) is 5.14. The number of amides is 1. The van der Waals surface area contributed by atoms with E-state index in [9.17, 15) is 14.7 Å². The zero-order valence-corrected chi connectivity index (χ0v) is 11.5. The summed E-state index contributed by atoms with van der Waals surface area (Å²) >= 11 is 0. The summed E-state index contributed by atoms with van der Waals surface area (Å²) in [6, 6.07) is -0.252. The lowest BCUT2D eigenvalue weighted by molar-refractivity contribution is -0.155. The van der Waals surface area contributed by atoms with E-state index in [1.807, 2.05) is 20.8 Å². The molecule has 0 aromatic carbocycles. The molecule has 5 nitrogen and oxygen atoms in total. The number of carbonyl (C=O) groups excluding carboxylic acids is 1. The molecule has 18 heavy (non-hydrogen) atoms. The number of likely N-dealkylation sites (tertiary alicyclic amines) is 1. The van der Waals surface area contributed by atoms with Crippen molar-refractivity contribution < 1.29 is 19.4 Å². The Hall–Kier alpha value is -1.10. The minimum Gasteiger partial charge on any atom is -0.481 e. The molecule has 0 radical (unpaired) electrons. The maximum absolute atomic E-state index is 12.0. The van der Waals surface area contributed by atoms with E-state index in [1.165, 1.54) is 0 Å². The second kappa shape index (κ2) is 6.18. The monoisotopic (exact) mass is 257 g/mol. The minimum atomic E-state index is -0.813. The van der Waals surface area contributed by atoms with Crippen LogP contribution in [0.3, 0.4) is 0 Å². The molecule has 1 aliphatic heterocycles. The molecule has 1 rings (SSSR count). The lowest BCUT2D eigenvalue weighted by Crippen LogP contribution is -2.54. The largest absolute Gasteiger partial charge is 0.481 e. The van der Waals surface area contributed by atoms with E-state index in [1.54, 1.807) is 12.0 Å². The number of piperidine rings is 1. The highest BCUT2D eigenvalue weighted by Gasteiger charge is 2.41. The standard InChI is InChI=1S/C13H23NO4/c1-8(7-18-4)6-14-10(3)12(13(16)17)9(2)5-11(14)15/h8-10,12H,5-7H2,1-4H3,(H,16,17). The molecule has 1 saturated heterocycles. The molecule has 4 unspecified atom stereocenters. The number of aliphatic carboxylic acids is 1. The highest BCUT2D eigenvalue weighted by molar-refractivity contribution is 5.81. The lowest BCUT2D eigenvalue weighted by atomic mass is 9.80. The van der Waals surface area contributed by atoms with E-state index in [2.05, 4.69) is 0 Å². The Balaban J connectivity index is 2.77. The smallest absolute Gasteiger partial charge is 0.308 e. The summed E-state index contributed by atoms with van der Waals surface area (Å²) in [7, 11) is 1.63. The van der Waals surface area contributed by atoms with E-state index >= 15 is 0 Å². The molecule has 0 spiro atoms. The minimum absolute atomic E-state index is 0.0513. The second-order valence-corrected chi connectivity index (χ2v) is 5.39. The van der Waals surface area contributed by atoms with Crippen LogP contribution in [-0.4, -0.2) is 48.2 Å². The van der Waals surface area contributed by atoms with Crippen molar-refractivity contribution in [2.75, 3.05) is 20.3 Å². The molecule has 4 atom stereocenters. The fraction of sp³-hybridized carbons (Fsp3) is 0.846. The first-order valence-corrected chi connectivity index (χ1v) is 6.39. The Morgan fingerprint density at radius 1 is 1.56 bits per heavy atom. The van der Waals surface area contributed by atoms with Crippen LogP contribution in [0.4, 0.5) is 0 Å². The van der Waals surface area contributed by atoms with Gasteiger partial charge in [-0.25, -0.2) is 0 Å². The van der Waals surface area contributed by atoms with Crippen LogP contribution in [0.5, 0.6) is 0 Å². The summed E-state index contributed by atoms with van der Waals surface area (Å²) in [6.45, 7) is 6.79. The summed E-state index contributed by atoms with van der Waals surface area (Å²) in [6.07, 6.45) is 0.320. The number of carboxylic acid groups (broad SMARTS) is 1. The maximum Gasteiger partial charge on any atom is 0.308 e. The Morgan fingerprint density at radius 2 is 2.17 bits per heavy atom. The van der Waals surface area contributed by atoms with E-state index in [0.29, 0.717) is 19.6 Å². The van der Waals surface area contributed by atoms with Gasteiger partial charge in [-0.1, -0.05) is 13.8 Å². The van der Waals surface area contributed by atoms with Crippen LogP contribution in [0.1, 0.15) is 27.2 Å². The Bertz CT molecular complexity index is 318. The SMILES string of the molecule is COCC(C)CN1C(=O)CC(C)C(C(=O)O)C1C. The van der Waals surface area contributed by atoms with Gasteiger partial charge in [0.1, 0.15) is 0 Å². The molecule has 0 aliphatic carbocycles. The predicted octanol–water partition coefficient (Wildman–Crippen LogP) is 1.23. The second-order valence-electron chi connectivity index (χ2n) is 5.39. The van der Waals surface area contributed by atoms with Crippen LogP contribution in [0, 0.1) is 17.8 Å². The summed E-state index contributed by atoms with van der Waals surface area (Å²) in [4.78, 5) is 25.0. The molecule has 1 amide bonds. The van der Waals surface area contributed by atoms with Gasteiger partial charge < -0.3 is 14.7 Å². The fourth-order valence-corrected chi connectivity index (χ4v) is 2.81. The van der Waals surface area contributed by atoms with Gasteiger partial charge in [-0.3, -0.25) is 9.59 Å². The average molecular weight is 257 g/mol. The number of methoxy groups -OCH3 is 1. The number of rotatable bonds is 5. The Morgan fingerprint density at radius 3 is 2.67 bits per heavy atom. The first-order chi connectivity index (χ1) is 8.38. The molecular formula is C13H23NO4. The molecule has 1 fully saturated rings. The van der Waals surface area contributed by atoms with Gasteiger partial charge in [-0.2, -0.15) is 0 Å². The van der Waals surface area contributed by atoms with Crippen LogP contribution >= 0.6 is 0 Å². The number of carbonyl (C=O) groups is 2. The van der Waals surface area contributed by atoms with Crippen molar-refractivity contribution in [3.63, 3.8) is 0 Å². The van der Waals surface area contributed by atoms with Crippen molar-refractivity contribution in [3.05, 3.63) is 0 Å². The van der Waals surface area contributed by atoms with Crippen molar-refractivity contribution in [3.8, 4) is 0 Å². The molecule has 1 heterocycles. The number of hydrogen-bond donors (Lipinski definition) is 1. The third-order valence-corrected chi connectivity index (χ3v) is 3.69. The van der Waals surface area contributed by atoms with Gasteiger partial charge in [0.15, 0.2) is 0 Å². The van der Waals surface area contributed by atoms with Crippen LogP contribution in [0.15, 0.2) is 0 Å². The molecule has 1 aliphatic rings. The van der Waals surface area contributed by atoms with E-state index in [0.717, 1.165) is 0 Å². The topological polar surface area (TPSA) is 66.8 Å². The normalized spacial score (nSPS) is 30.3. The van der Waals surface area contributed by atoms with Crippen LogP contribution < -0.4 is 0 Å². The molecule has 5 heteroatoms. The van der Waals surface area contributed by atoms with Crippen molar-refractivity contribution in [2.24, 2.45) is 17.8 Å². The third kappa shape index (κ3) is 3.22. The van der Waals surface area contributed by atoms with Gasteiger partial charge in [0, 0.05) is 26.1 Å². The number of carboxylic acids is 1. The molecule has 0 saturated carbocycles. The van der Waals surface area contributed by atoms with Crippen LogP contribution in [0.25, 0.3) is 0 Å². The van der Waals surface area contributed by atoms with Gasteiger partial charge in [-0.05, 0) is 18.8 Å². The van der Waals surface area contributed by atoms with Crippen molar-refractivity contribution in [2.45, 2.75) is 33.2 Å². The molecular weight excluding hydrogens is 234 g/mol. The predicted molar refractivity (Wildman–Crippen MR) is 67.1 cm³/mol. The highest BCUT2D eigenvalue weighted by atomic mass is 16.5. The quantitative estimate of drug-likeness (QED) is 0.804. The van der Waals surface area contributed by atoms with Gasteiger partial charge in [0.2, 0.25) is 5.91 Å². The number of ether oxygens (including phenoxy) is 1. The van der Waals surface area contributed by atoms with Gasteiger partial charge in [-0.15, -0.1) is 0 Å². The van der Waals surface area contributed by atoms with E-state index in [4.69, 9.17) is 4.74 Å². The van der Waals surface area contributed by atoms with Crippen LogP contribution in [0.2, 0.25) is 0 Å². The lowest BCUT2D eigenvalue weighted by Gasteiger charge is -2.41. The fourth-order valence-electron chi connectivity index (χ4n) is 2.81.